The standard InChI is InChI=1S/C14H26/c1-5-12-8-9-13(12,6-2)14(7-3)10-11(14)4/h11-12H,5-10H2,1-4H3. The molecule has 2 saturated carbocycles. The van der Waals surface area contributed by atoms with Gasteiger partial charge in [-0.3, -0.25) is 0 Å². The Morgan fingerprint density at radius 1 is 1.07 bits per heavy atom. The third kappa shape index (κ3) is 1.01. The smallest absolute Gasteiger partial charge is 0.0212 e. The van der Waals surface area contributed by atoms with Crippen LogP contribution in [-0.2, 0) is 0 Å². The fourth-order valence-electron chi connectivity index (χ4n) is 4.79. The topological polar surface area (TPSA) is 0 Å². The molecule has 0 N–H and O–H groups in total. The first-order valence-electron chi connectivity index (χ1n) is 6.66. The monoisotopic (exact) mass is 194 g/mol. The lowest BCUT2D eigenvalue weighted by molar-refractivity contribution is -0.0627. The van der Waals surface area contributed by atoms with Gasteiger partial charge >= 0.3 is 0 Å². The van der Waals surface area contributed by atoms with Gasteiger partial charge in [-0.25, -0.2) is 0 Å². The Kier molecular flexibility index (Phi) is 2.44. The van der Waals surface area contributed by atoms with Crippen molar-refractivity contribution in [1.29, 1.82) is 0 Å². The molecule has 0 aliphatic heterocycles. The second-order valence-electron chi connectivity index (χ2n) is 5.77. The average molecular weight is 194 g/mol. The molecule has 2 rings (SSSR count). The van der Waals surface area contributed by atoms with Gasteiger partial charge in [0.05, 0.1) is 0 Å². The van der Waals surface area contributed by atoms with Crippen LogP contribution >= 0.6 is 0 Å². The van der Waals surface area contributed by atoms with Crippen LogP contribution in [0.25, 0.3) is 0 Å². The van der Waals surface area contributed by atoms with E-state index in [4.69, 9.17) is 0 Å². The third-order valence-corrected chi connectivity index (χ3v) is 5.92. The Morgan fingerprint density at radius 2 is 1.64 bits per heavy atom. The molecule has 0 aromatic rings. The van der Waals surface area contributed by atoms with Crippen LogP contribution in [0, 0.1) is 22.7 Å². The predicted molar refractivity (Wildman–Crippen MR) is 62.2 cm³/mol. The van der Waals surface area contributed by atoms with E-state index in [1.165, 1.54) is 38.5 Å². The molecule has 0 bridgehead atoms. The maximum absolute atomic E-state index is 2.48. The zero-order chi connectivity index (χ0) is 10.4. The van der Waals surface area contributed by atoms with Crippen LogP contribution < -0.4 is 0 Å². The molecule has 2 aliphatic rings. The number of rotatable bonds is 4. The molecular weight excluding hydrogens is 168 g/mol. The molecule has 82 valence electrons. The Morgan fingerprint density at radius 3 is 1.86 bits per heavy atom. The molecule has 0 spiro atoms. The Bertz CT molecular complexity index is 210. The van der Waals surface area contributed by atoms with Crippen molar-refractivity contribution in [2.75, 3.05) is 0 Å². The third-order valence-electron chi connectivity index (χ3n) is 5.92. The summed E-state index contributed by atoms with van der Waals surface area (Å²) in [6.45, 7) is 9.73. The summed E-state index contributed by atoms with van der Waals surface area (Å²) >= 11 is 0. The lowest BCUT2D eigenvalue weighted by Crippen LogP contribution is -2.47. The normalized spacial score (nSPS) is 51.4. The summed E-state index contributed by atoms with van der Waals surface area (Å²) in [4.78, 5) is 0. The van der Waals surface area contributed by atoms with Crippen molar-refractivity contribution in [2.45, 2.75) is 66.2 Å². The largest absolute Gasteiger partial charge is 0.0651 e. The van der Waals surface area contributed by atoms with Crippen molar-refractivity contribution in [3.05, 3.63) is 0 Å². The maximum atomic E-state index is 2.48. The second kappa shape index (κ2) is 3.25. The first kappa shape index (κ1) is 10.5. The van der Waals surface area contributed by atoms with Crippen molar-refractivity contribution in [2.24, 2.45) is 22.7 Å². The van der Waals surface area contributed by atoms with Gasteiger partial charge in [-0.15, -0.1) is 0 Å². The highest BCUT2D eigenvalue weighted by atomic mass is 14.7. The van der Waals surface area contributed by atoms with Crippen molar-refractivity contribution >= 4 is 0 Å². The van der Waals surface area contributed by atoms with E-state index in [9.17, 15) is 0 Å². The Hall–Kier alpha value is 0. The van der Waals surface area contributed by atoms with Crippen LogP contribution in [0.3, 0.4) is 0 Å². The van der Waals surface area contributed by atoms with Crippen molar-refractivity contribution in [3.63, 3.8) is 0 Å². The minimum atomic E-state index is 0.760. The second-order valence-corrected chi connectivity index (χ2v) is 5.77. The van der Waals surface area contributed by atoms with Crippen molar-refractivity contribution in [1.82, 2.24) is 0 Å². The summed E-state index contributed by atoms with van der Waals surface area (Å²) in [6.07, 6.45) is 8.84. The lowest BCUT2D eigenvalue weighted by Gasteiger charge is -2.56. The fraction of sp³-hybridized carbons (Fsp3) is 1.00. The van der Waals surface area contributed by atoms with Crippen LogP contribution in [0.15, 0.2) is 0 Å². The highest BCUT2D eigenvalue weighted by molar-refractivity contribution is 5.15. The van der Waals surface area contributed by atoms with Gasteiger partial charge in [-0.1, -0.05) is 34.1 Å². The number of hydrogen-bond donors (Lipinski definition) is 0. The SMILES string of the molecule is CCC1CCC1(CC)C1(CC)CC1C. The van der Waals surface area contributed by atoms with Crippen LogP contribution in [0.5, 0.6) is 0 Å². The average Bonchev–Trinajstić information content (AvgIpc) is 2.79. The van der Waals surface area contributed by atoms with E-state index < -0.39 is 0 Å². The molecule has 14 heavy (non-hydrogen) atoms. The molecule has 0 saturated heterocycles. The van der Waals surface area contributed by atoms with Gasteiger partial charge in [0.15, 0.2) is 0 Å². The lowest BCUT2D eigenvalue weighted by atomic mass is 9.49. The molecule has 0 radical (unpaired) electrons. The maximum Gasteiger partial charge on any atom is -0.0212 e. The van der Waals surface area contributed by atoms with Gasteiger partial charge in [0.2, 0.25) is 0 Å². The molecule has 2 fully saturated rings. The highest BCUT2D eigenvalue weighted by Crippen LogP contribution is 2.75. The molecule has 0 nitrogen and oxygen atoms in total. The van der Waals surface area contributed by atoms with Gasteiger partial charge < -0.3 is 0 Å². The van der Waals surface area contributed by atoms with Gasteiger partial charge in [0, 0.05) is 0 Å². The number of hydrogen-bond acceptors (Lipinski definition) is 0. The minimum Gasteiger partial charge on any atom is -0.0651 e. The fourth-order valence-corrected chi connectivity index (χ4v) is 4.79. The summed E-state index contributed by atoms with van der Waals surface area (Å²) in [5.74, 6) is 2.07. The van der Waals surface area contributed by atoms with Crippen molar-refractivity contribution < 1.29 is 0 Å². The predicted octanol–water partition coefficient (Wildman–Crippen LogP) is 4.64. The van der Waals surface area contributed by atoms with Gasteiger partial charge in [-0.2, -0.15) is 0 Å². The van der Waals surface area contributed by atoms with Crippen LogP contribution in [0.1, 0.15) is 66.2 Å². The van der Waals surface area contributed by atoms with E-state index in [1.807, 2.05) is 0 Å². The zero-order valence-electron chi connectivity index (χ0n) is 10.4. The molecule has 0 heterocycles. The molecule has 0 aromatic carbocycles. The quantitative estimate of drug-likeness (QED) is 0.611. The molecular formula is C14H26. The summed E-state index contributed by atoms with van der Waals surface area (Å²) < 4.78 is 0. The summed E-state index contributed by atoms with van der Waals surface area (Å²) in [5.41, 5.74) is 1.52. The van der Waals surface area contributed by atoms with Crippen molar-refractivity contribution in [3.8, 4) is 0 Å². The van der Waals surface area contributed by atoms with E-state index in [1.54, 1.807) is 0 Å². The highest BCUT2D eigenvalue weighted by Gasteiger charge is 2.66. The minimum absolute atomic E-state index is 0.760. The van der Waals surface area contributed by atoms with E-state index >= 15 is 0 Å². The van der Waals surface area contributed by atoms with Gasteiger partial charge in [-0.05, 0) is 54.8 Å². The molecule has 0 amide bonds. The van der Waals surface area contributed by atoms with Crippen LogP contribution in [0.4, 0.5) is 0 Å². The van der Waals surface area contributed by atoms with E-state index in [0.717, 1.165) is 22.7 Å². The first-order chi connectivity index (χ1) is 6.66. The van der Waals surface area contributed by atoms with E-state index in [2.05, 4.69) is 27.7 Å². The summed E-state index contributed by atoms with van der Waals surface area (Å²) in [5, 5.41) is 0. The molecule has 0 aromatic heterocycles. The molecule has 4 atom stereocenters. The van der Waals surface area contributed by atoms with Crippen LogP contribution in [-0.4, -0.2) is 0 Å². The molecule has 4 unspecified atom stereocenters. The van der Waals surface area contributed by atoms with Gasteiger partial charge in [0.1, 0.15) is 0 Å². The molecule has 2 aliphatic carbocycles. The summed E-state index contributed by atoms with van der Waals surface area (Å²) in [6, 6.07) is 0. The zero-order valence-corrected chi connectivity index (χ0v) is 10.4. The summed E-state index contributed by atoms with van der Waals surface area (Å²) in [7, 11) is 0. The molecule has 0 heteroatoms. The van der Waals surface area contributed by atoms with E-state index in [0.29, 0.717) is 0 Å². The Labute approximate surface area is 89.5 Å². The van der Waals surface area contributed by atoms with E-state index in [-0.39, 0.29) is 0 Å². The first-order valence-corrected chi connectivity index (χ1v) is 6.66. The Balaban J connectivity index is 2.20. The van der Waals surface area contributed by atoms with Gasteiger partial charge in [0.25, 0.3) is 0 Å². The van der Waals surface area contributed by atoms with Crippen LogP contribution in [0.2, 0.25) is 0 Å².